The number of quaternary nitrogens is 1. The van der Waals surface area contributed by atoms with Gasteiger partial charge in [0.15, 0.2) is 0 Å². The fraction of sp³-hybridized carbons (Fsp3) is 0.786. The second kappa shape index (κ2) is 5.21. The largest absolute Gasteiger partial charge is 0.462 e. The topological polar surface area (TPSA) is 26.3 Å². The van der Waals surface area contributed by atoms with Crippen LogP contribution >= 0.6 is 0 Å². The lowest BCUT2D eigenvalue weighted by Crippen LogP contribution is -2.61. The summed E-state index contributed by atoms with van der Waals surface area (Å²) in [4.78, 5) is 11.1. The van der Waals surface area contributed by atoms with Crippen LogP contribution in [0.4, 0.5) is 0 Å². The van der Waals surface area contributed by atoms with Crippen LogP contribution < -0.4 is 0 Å². The summed E-state index contributed by atoms with van der Waals surface area (Å²) in [5.74, 6) is 0.276. The maximum Gasteiger partial charge on any atom is 0.330 e. The van der Waals surface area contributed by atoms with Crippen molar-refractivity contribution < 1.29 is 14.0 Å². The molecule has 2 fully saturated rings. The van der Waals surface area contributed by atoms with Gasteiger partial charge in [-0.15, -0.1) is 0 Å². The number of hydrogen-bond donors (Lipinski definition) is 0. The fourth-order valence-electron chi connectivity index (χ4n) is 3.68. The Morgan fingerprint density at radius 3 is 2.88 bits per heavy atom. The Balaban J connectivity index is 1.96. The number of ether oxygens (including phenoxy) is 1. The summed E-state index contributed by atoms with van der Waals surface area (Å²) in [5.41, 5.74) is 0. The SMILES string of the molecule is C=CC(=O)OCC1CCC[N+]2(C)CCCCC12. The van der Waals surface area contributed by atoms with Crippen molar-refractivity contribution in [1.82, 2.24) is 0 Å². The molecule has 0 spiro atoms. The van der Waals surface area contributed by atoms with Crippen LogP contribution in [0.3, 0.4) is 0 Å². The van der Waals surface area contributed by atoms with Gasteiger partial charge in [0.05, 0.1) is 26.2 Å². The van der Waals surface area contributed by atoms with Crippen molar-refractivity contribution in [2.24, 2.45) is 5.92 Å². The van der Waals surface area contributed by atoms with E-state index in [-0.39, 0.29) is 5.97 Å². The number of esters is 1. The van der Waals surface area contributed by atoms with Crippen LogP contribution in [0.5, 0.6) is 0 Å². The second-order valence-corrected chi connectivity index (χ2v) is 5.73. The summed E-state index contributed by atoms with van der Waals surface area (Å²) >= 11 is 0. The van der Waals surface area contributed by atoms with Crippen molar-refractivity contribution >= 4 is 5.97 Å². The molecule has 3 unspecified atom stereocenters. The third kappa shape index (κ3) is 2.71. The summed E-state index contributed by atoms with van der Waals surface area (Å²) in [6, 6.07) is 0.704. The number of nitrogens with zero attached hydrogens (tertiary/aromatic N) is 1. The van der Waals surface area contributed by atoms with E-state index in [2.05, 4.69) is 13.6 Å². The van der Waals surface area contributed by atoms with Crippen LogP contribution in [0, 0.1) is 5.92 Å². The average Bonchev–Trinajstić information content (AvgIpc) is 2.34. The minimum atomic E-state index is -0.277. The summed E-state index contributed by atoms with van der Waals surface area (Å²) in [7, 11) is 2.38. The van der Waals surface area contributed by atoms with E-state index in [1.165, 1.54) is 55.8 Å². The second-order valence-electron chi connectivity index (χ2n) is 5.73. The average molecular weight is 238 g/mol. The van der Waals surface area contributed by atoms with Crippen LogP contribution in [0.1, 0.15) is 32.1 Å². The first-order valence-corrected chi connectivity index (χ1v) is 6.79. The normalized spacial score (nSPS) is 37.0. The van der Waals surface area contributed by atoms with Crippen molar-refractivity contribution in [1.29, 1.82) is 0 Å². The first-order chi connectivity index (χ1) is 8.15. The molecule has 0 saturated carbocycles. The van der Waals surface area contributed by atoms with E-state index >= 15 is 0 Å². The molecule has 2 aliphatic heterocycles. The molecule has 3 nitrogen and oxygen atoms in total. The number of piperidine rings is 2. The summed E-state index contributed by atoms with van der Waals surface area (Å²) in [5, 5.41) is 0. The number of fused-ring (bicyclic) bond motifs is 1. The molecule has 2 heterocycles. The molecule has 0 N–H and O–H groups in total. The van der Waals surface area contributed by atoms with Gasteiger partial charge in [0, 0.05) is 18.4 Å². The van der Waals surface area contributed by atoms with Crippen molar-refractivity contribution in [3.05, 3.63) is 12.7 Å². The lowest BCUT2D eigenvalue weighted by Gasteiger charge is -2.51. The van der Waals surface area contributed by atoms with Gasteiger partial charge in [-0.25, -0.2) is 4.79 Å². The molecular weight excluding hydrogens is 214 g/mol. The molecule has 0 aromatic carbocycles. The van der Waals surface area contributed by atoms with Gasteiger partial charge in [-0.1, -0.05) is 6.58 Å². The molecular formula is C14H24NO2+. The summed E-state index contributed by atoms with van der Waals surface area (Å²) in [6.07, 6.45) is 7.73. The third-order valence-electron chi connectivity index (χ3n) is 4.61. The first kappa shape index (κ1) is 12.6. The number of carbonyl (C=O) groups is 1. The Morgan fingerprint density at radius 2 is 2.12 bits per heavy atom. The van der Waals surface area contributed by atoms with Crippen LogP contribution in [0.15, 0.2) is 12.7 Å². The molecule has 0 radical (unpaired) electrons. The third-order valence-corrected chi connectivity index (χ3v) is 4.61. The van der Waals surface area contributed by atoms with E-state index in [1.54, 1.807) is 0 Å². The maximum atomic E-state index is 11.1. The molecule has 0 bridgehead atoms. The van der Waals surface area contributed by atoms with Crippen molar-refractivity contribution in [2.45, 2.75) is 38.1 Å². The highest BCUT2D eigenvalue weighted by Crippen LogP contribution is 2.36. The van der Waals surface area contributed by atoms with Gasteiger partial charge in [-0.2, -0.15) is 0 Å². The zero-order valence-electron chi connectivity index (χ0n) is 10.9. The quantitative estimate of drug-likeness (QED) is 0.428. The lowest BCUT2D eigenvalue weighted by molar-refractivity contribution is -0.947. The highest BCUT2D eigenvalue weighted by Gasteiger charge is 2.43. The monoisotopic (exact) mass is 238 g/mol. The standard InChI is InChI=1S/C14H24NO2/c1-3-14(16)17-11-12-7-6-10-15(2)9-5-4-8-13(12)15/h3,12-13H,1,4-11H2,2H3/q+1. The van der Waals surface area contributed by atoms with Crippen LogP contribution in [0.2, 0.25) is 0 Å². The minimum absolute atomic E-state index is 0.277. The molecule has 0 amide bonds. The number of carbonyl (C=O) groups excluding carboxylic acids is 1. The van der Waals surface area contributed by atoms with E-state index < -0.39 is 0 Å². The molecule has 3 heteroatoms. The highest BCUT2D eigenvalue weighted by atomic mass is 16.5. The van der Waals surface area contributed by atoms with E-state index in [4.69, 9.17) is 4.74 Å². The van der Waals surface area contributed by atoms with Crippen molar-refractivity contribution in [3.63, 3.8) is 0 Å². The Bertz CT molecular complexity index is 299. The summed E-state index contributed by atoms with van der Waals surface area (Å²) < 4.78 is 6.46. The number of rotatable bonds is 3. The van der Waals surface area contributed by atoms with E-state index in [0.29, 0.717) is 18.6 Å². The van der Waals surface area contributed by atoms with Gasteiger partial charge < -0.3 is 9.22 Å². The molecule has 0 aliphatic carbocycles. The molecule has 2 saturated heterocycles. The predicted molar refractivity (Wildman–Crippen MR) is 67.4 cm³/mol. The molecule has 2 aliphatic rings. The van der Waals surface area contributed by atoms with Gasteiger partial charge in [-0.3, -0.25) is 0 Å². The smallest absolute Gasteiger partial charge is 0.330 e. The van der Waals surface area contributed by atoms with E-state index in [1.807, 2.05) is 0 Å². The number of hydrogen-bond acceptors (Lipinski definition) is 2. The lowest BCUT2D eigenvalue weighted by atomic mass is 9.82. The Morgan fingerprint density at radius 1 is 1.35 bits per heavy atom. The molecule has 0 aromatic heterocycles. The Hall–Kier alpha value is -0.830. The Kier molecular flexibility index (Phi) is 3.87. The van der Waals surface area contributed by atoms with Gasteiger partial charge >= 0.3 is 5.97 Å². The minimum Gasteiger partial charge on any atom is -0.462 e. The predicted octanol–water partition coefficient (Wildman–Crippen LogP) is 2.12. The Labute approximate surface area is 104 Å². The van der Waals surface area contributed by atoms with Crippen molar-refractivity contribution in [3.8, 4) is 0 Å². The van der Waals surface area contributed by atoms with Crippen LogP contribution in [0.25, 0.3) is 0 Å². The highest BCUT2D eigenvalue weighted by molar-refractivity contribution is 5.81. The molecule has 2 rings (SSSR count). The molecule has 0 aromatic rings. The first-order valence-electron chi connectivity index (χ1n) is 6.79. The fourth-order valence-corrected chi connectivity index (χ4v) is 3.68. The van der Waals surface area contributed by atoms with Gasteiger partial charge in [0.25, 0.3) is 0 Å². The zero-order valence-corrected chi connectivity index (χ0v) is 10.9. The van der Waals surface area contributed by atoms with E-state index in [0.717, 1.165) is 0 Å². The maximum absolute atomic E-state index is 11.1. The van der Waals surface area contributed by atoms with Crippen LogP contribution in [-0.4, -0.2) is 43.2 Å². The zero-order chi connectivity index (χ0) is 12.3. The summed E-state index contributed by atoms with van der Waals surface area (Å²) in [6.45, 7) is 6.63. The molecule has 96 valence electrons. The van der Waals surface area contributed by atoms with Crippen molar-refractivity contribution in [2.75, 3.05) is 26.7 Å². The molecule has 17 heavy (non-hydrogen) atoms. The van der Waals surface area contributed by atoms with Gasteiger partial charge in [-0.05, 0) is 25.7 Å². The molecule has 3 atom stereocenters. The van der Waals surface area contributed by atoms with Crippen LogP contribution in [-0.2, 0) is 9.53 Å². The van der Waals surface area contributed by atoms with E-state index in [9.17, 15) is 4.79 Å². The van der Waals surface area contributed by atoms with Gasteiger partial charge in [0.1, 0.15) is 6.61 Å². The van der Waals surface area contributed by atoms with Gasteiger partial charge in [0.2, 0.25) is 0 Å².